The van der Waals surface area contributed by atoms with E-state index < -0.39 is 22.5 Å². The van der Waals surface area contributed by atoms with E-state index in [2.05, 4.69) is 57.0 Å². The number of nitrogens with zero attached hydrogens (tertiary/aromatic N) is 1. The number of nitrogens with one attached hydrogen (secondary N) is 1. The summed E-state index contributed by atoms with van der Waals surface area (Å²) in [6, 6.07) is 7.97. The molecule has 1 aliphatic carbocycles. The molecule has 1 N–H and O–H groups in total. The third-order valence-electron chi connectivity index (χ3n) is 13.6. The molecule has 0 spiro atoms. The molecule has 7 rings (SSSR count). The summed E-state index contributed by atoms with van der Waals surface area (Å²) in [6.45, 7) is 17.2. The van der Waals surface area contributed by atoms with Gasteiger partial charge in [-0.2, -0.15) is 0 Å². The molecule has 0 radical (unpaired) electrons. The van der Waals surface area contributed by atoms with Crippen molar-refractivity contribution < 1.29 is 28.3 Å². The number of ether oxygens (including phenoxy) is 2. The molecule has 1 aromatic heterocycles. The number of hydrogen-bond acceptors (Lipinski definition) is 8. The number of rotatable bonds is 14. The molecule has 3 aliphatic heterocycles. The number of hydrogen-bond donors (Lipinski definition) is 1. The summed E-state index contributed by atoms with van der Waals surface area (Å²) in [5.41, 5.74) is 4.10. The number of amides is 1. The van der Waals surface area contributed by atoms with Crippen molar-refractivity contribution in [1.29, 1.82) is 0 Å². The van der Waals surface area contributed by atoms with Gasteiger partial charge in [-0.1, -0.05) is 52.9 Å². The third-order valence-corrected chi connectivity index (χ3v) is 13.6. The molecule has 0 saturated heterocycles. The predicted octanol–water partition coefficient (Wildman–Crippen LogP) is 9.90. The average Bonchev–Trinajstić information content (AvgIpc) is 3.16. The fraction of sp³-hybridized carbons (Fsp3) is 0.625. The van der Waals surface area contributed by atoms with E-state index in [1.54, 1.807) is 6.07 Å². The van der Waals surface area contributed by atoms with Crippen LogP contribution >= 0.6 is 0 Å². The number of fused-ring (bicyclic) bond motifs is 5. The molecule has 4 aliphatic rings. The van der Waals surface area contributed by atoms with E-state index >= 15 is 0 Å². The zero-order valence-electron chi connectivity index (χ0n) is 35.5. The zero-order valence-corrected chi connectivity index (χ0v) is 35.5. The van der Waals surface area contributed by atoms with Gasteiger partial charge in [-0.25, -0.2) is 4.79 Å². The number of aryl methyl sites for hydroxylation is 2. The van der Waals surface area contributed by atoms with Gasteiger partial charge in [0.2, 0.25) is 0 Å². The van der Waals surface area contributed by atoms with E-state index in [0.717, 1.165) is 85.9 Å². The van der Waals surface area contributed by atoms with Crippen LogP contribution in [0.4, 0.5) is 5.69 Å². The van der Waals surface area contributed by atoms with Crippen molar-refractivity contribution in [3.05, 3.63) is 62.5 Å². The molecule has 1 fully saturated rings. The monoisotopic (exact) mass is 780 g/mol. The summed E-state index contributed by atoms with van der Waals surface area (Å²) in [6.07, 6.45) is 13.2. The Morgan fingerprint density at radius 2 is 1.68 bits per heavy atom. The second-order valence-corrected chi connectivity index (χ2v) is 19.2. The Balaban J connectivity index is 1.02. The second-order valence-electron chi connectivity index (χ2n) is 19.2. The van der Waals surface area contributed by atoms with Crippen LogP contribution in [0.15, 0.2) is 33.5 Å². The Kier molecular flexibility index (Phi) is 11.7. The van der Waals surface area contributed by atoms with E-state index in [1.165, 1.54) is 30.5 Å². The van der Waals surface area contributed by atoms with Gasteiger partial charge in [0, 0.05) is 66.5 Å². The fourth-order valence-corrected chi connectivity index (χ4v) is 10.1. The normalized spacial score (nSPS) is 20.0. The van der Waals surface area contributed by atoms with Crippen LogP contribution in [-0.4, -0.2) is 42.9 Å². The Labute approximate surface area is 338 Å². The number of unbranched alkanes of at least 4 members (excludes halogenated alkanes) is 4. The number of esters is 1. The molecular formula is C48H64N2O7. The lowest BCUT2D eigenvalue weighted by Gasteiger charge is -2.47. The van der Waals surface area contributed by atoms with Crippen LogP contribution < -0.4 is 25.3 Å². The van der Waals surface area contributed by atoms with Gasteiger partial charge in [-0.3, -0.25) is 14.4 Å². The summed E-state index contributed by atoms with van der Waals surface area (Å²) in [4.78, 5) is 55.7. The topological polar surface area (TPSA) is 115 Å². The molecule has 2 aromatic carbocycles. The van der Waals surface area contributed by atoms with Crippen LogP contribution in [0.3, 0.4) is 0 Å². The van der Waals surface area contributed by atoms with Crippen LogP contribution in [0.5, 0.6) is 11.5 Å². The van der Waals surface area contributed by atoms with Crippen LogP contribution in [0.1, 0.15) is 170 Å². The Morgan fingerprint density at radius 1 is 0.930 bits per heavy atom. The lowest BCUT2D eigenvalue weighted by molar-refractivity contribution is -0.144. The van der Waals surface area contributed by atoms with Gasteiger partial charge in [0.1, 0.15) is 34.0 Å². The maximum absolute atomic E-state index is 14.1. The number of carbonyl (C=O) groups excluding carboxylic acids is 3. The number of ketones is 1. The van der Waals surface area contributed by atoms with Crippen molar-refractivity contribution in [3.63, 3.8) is 0 Å². The minimum Gasteiger partial charge on any atom is -0.487 e. The van der Waals surface area contributed by atoms with Crippen molar-refractivity contribution in [2.45, 2.75) is 162 Å². The highest BCUT2D eigenvalue weighted by atomic mass is 16.5. The second kappa shape index (κ2) is 16.2. The molecule has 1 amide bonds. The number of benzene rings is 2. The Hall–Kier alpha value is -4.14. The molecule has 9 heteroatoms. The van der Waals surface area contributed by atoms with Crippen molar-refractivity contribution >= 4 is 34.3 Å². The molecule has 0 unspecified atom stereocenters. The SMILES string of the molecule is CCCCCCC(C)(C)c1cc(OC(=O)C(C)(C)CCCCNC(=O)c2cc3cc4c5c(c3oc2=O)CCCN5CCC4)c2c(c1)OC(C)(C)[C@@H]1CCC(=O)C[C@@H]21. The van der Waals surface area contributed by atoms with E-state index in [1.807, 2.05) is 19.9 Å². The molecule has 4 heterocycles. The lowest BCUT2D eigenvalue weighted by atomic mass is 9.66. The van der Waals surface area contributed by atoms with Crippen LogP contribution in [0.25, 0.3) is 11.0 Å². The molecule has 9 nitrogen and oxygen atoms in total. The predicted molar refractivity (Wildman–Crippen MR) is 225 cm³/mol. The van der Waals surface area contributed by atoms with Crippen LogP contribution in [0, 0.1) is 11.3 Å². The number of anilines is 1. The Bertz CT molecular complexity index is 2090. The van der Waals surface area contributed by atoms with E-state index in [-0.39, 0.29) is 34.6 Å². The van der Waals surface area contributed by atoms with Crippen LogP contribution in [-0.2, 0) is 27.8 Å². The van der Waals surface area contributed by atoms with Gasteiger partial charge in [-0.05, 0) is 120 Å². The molecule has 2 atom stereocenters. The van der Waals surface area contributed by atoms with E-state index in [9.17, 15) is 19.2 Å². The number of Topliss-reactive ketones (excluding diaryl/α,β-unsaturated/α-hetero) is 1. The van der Waals surface area contributed by atoms with Crippen LogP contribution in [0.2, 0.25) is 0 Å². The largest absolute Gasteiger partial charge is 0.487 e. The standard InChI is InChI=1S/C48H64N2O7/c1-8-9-10-11-20-46(2,3)32-27-38(40-35-29-33(51)18-19-37(35)48(6,7)57-39(40)28-32)55-45(54)47(4,5)21-12-13-22-49-43(52)36-26-31-25-30-16-14-23-50-24-15-17-34(41(30)50)42(31)56-44(36)53/h25-28,35,37H,8-24,29H2,1-7H3,(H,49,52)/t35-,37-/m1/s1. The zero-order chi connectivity index (χ0) is 40.7. The minimum atomic E-state index is -0.812. The smallest absolute Gasteiger partial charge is 0.349 e. The quantitative estimate of drug-likeness (QED) is 0.0745. The highest BCUT2D eigenvalue weighted by Crippen LogP contribution is 2.55. The molecule has 308 valence electrons. The fourth-order valence-electron chi connectivity index (χ4n) is 10.1. The maximum Gasteiger partial charge on any atom is 0.349 e. The van der Waals surface area contributed by atoms with Gasteiger partial charge in [-0.15, -0.1) is 0 Å². The number of carbonyl (C=O) groups is 3. The average molecular weight is 781 g/mol. The van der Waals surface area contributed by atoms with Crippen molar-refractivity contribution in [2.24, 2.45) is 11.3 Å². The van der Waals surface area contributed by atoms with Crippen molar-refractivity contribution in [2.75, 3.05) is 24.5 Å². The van der Waals surface area contributed by atoms with Gasteiger partial charge in [0.15, 0.2) is 0 Å². The maximum atomic E-state index is 14.1. The first-order valence-corrected chi connectivity index (χ1v) is 21.9. The summed E-state index contributed by atoms with van der Waals surface area (Å²) in [5, 5.41) is 3.72. The van der Waals surface area contributed by atoms with Crippen molar-refractivity contribution in [1.82, 2.24) is 5.32 Å². The summed E-state index contributed by atoms with van der Waals surface area (Å²) in [7, 11) is 0. The van der Waals surface area contributed by atoms with Crippen molar-refractivity contribution in [3.8, 4) is 11.5 Å². The Morgan fingerprint density at radius 3 is 2.46 bits per heavy atom. The highest BCUT2D eigenvalue weighted by Gasteiger charge is 2.48. The van der Waals surface area contributed by atoms with E-state index in [4.69, 9.17) is 13.9 Å². The summed E-state index contributed by atoms with van der Waals surface area (Å²) < 4.78 is 19.0. The summed E-state index contributed by atoms with van der Waals surface area (Å²) >= 11 is 0. The first kappa shape index (κ1) is 41.0. The van der Waals surface area contributed by atoms with Gasteiger partial charge in [0.25, 0.3) is 5.91 Å². The first-order chi connectivity index (χ1) is 27.1. The van der Waals surface area contributed by atoms with Gasteiger partial charge >= 0.3 is 11.6 Å². The molecule has 1 saturated carbocycles. The third kappa shape index (κ3) is 8.40. The lowest BCUT2D eigenvalue weighted by Crippen LogP contribution is -2.47. The molecule has 3 aromatic rings. The molecular weight excluding hydrogens is 717 g/mol. The highest BCUT2D eigenvalue weighted by molar-refractivity contribution is 5.98. The van der Waals surface area contributed by atoms with E-state index in [0.29, 0.717) is 50.0 Å². The van der Waals surface area contributed by atoms with Gasteiger partial charge < -0.3 is 24.1 Å². The summed E-state index contributed by atoms with van der Waals surface area (Å²) in [5.74, 6) is 0.786. The molecule has 0 bridgehead atoms. The minimum absolute atomic E-state index is 0.0194. The first-order valence-electron chi connectivity index (χ1n) is 21.9. The van der Waals surface area contributed by atoms with Gasteiger partial charge in [0.05, 0.1) is 5.41 Å². The molecule has 57 heavy (non-hydrogen) atoms.